The van der Waals surface area contributed by atoms with Gasteiger partial charge in [0.05, 0.1) is 12.2 Å². The number of carbonyl (C=O) groups is 3. The molecule has 0 radical (unpaired) electrons. The molecule has 0 bridgehead atoms. The zero-order valence-electron chi connectivity index (χ0n) is 16.2. The van der Waals surface area contributed by atoms with Crippen molar-refractivity contribution in [1.82, 2.24) is 4.98 Å². The highest BCUT2D eigenvalue weighted by Crippen LogP contribution is 2.20. The molecule has 7 nitrogen and oxygen atoms in total. The maximum Gasteiger partial charge on any atom is 0.355 e. The SMILES string of the molecule is CCOC(=O)c1[nH]c(C)c(C(=O)OCC(=O)Nc2cc(C)cc(C)c2)c1C. The number of H-pyrrole nitrogens is 1. The van der Waals surface area contributed by atoms with Gasteiger partial charge in [-0.15, -0.1) is 0 Å². The zero-order valence-corrected chi connectivity index (χ0v) is 16.2. The van der Waals surface area contributed by atoms with Gasteiger partial charge in [0.1, 0.15) is 5.69 Å². The predicted molar refractivity (Wildman–Crippen MR) is 101 cm³/mol. The van der Waals surface area contributed by atoms with E-state index in [4.69, 9.17) is 9.47 Å². The topological polar surface area (TPSA) is 97.5 Å². The number of aromatic amines is 1. The van der Waals surface area contributed by atoms with E-state index in [0.29, 0.717) is 16.9 Å². The van der Waals surface area contributed by atoms with E-state index in [9.17, 15) is 14.4 Å². The molecule has 0 aliphatic heterocycles. The lowest BCUT2D eigenvalue weighted by atomic mass is 10.1. The standard InChI is InChI=1S/C20H24N2O5/c1-6-26-20(25)18-13(4)17(14(5)21-18)19(24)27-10-16(23)22-15-8-11(2)7-12(3)9-15/h7-9,21H,6,10H2,1-5H3,(H,22,23). The Morgan fingerprint density at radius 2 is 1.59 bits per heavy atom. The molecule has 1 aromatic carbocycles. The van der Waals surface area contributed by atoms with E-state index in [1.807, 2.05) is 32.0 Å². The van der Waals surface area contributed by atoms with Crippen LogP contribution >= 0.6 is 0 Å². The van der Waals surface area contributed by atoms with Crippen LogP contribution in [0.1, 0.15) is 50.2 Å². The number of hydrogen-bond acceptors (Lipinski definition) is 5. The van der Waals surface area contributed by atoms with Crippen LogP contribution in [0, 0.1) is 27.7 Å². The molecule has 0 aliphatic rings. The molecule has 144 valence electrons. The average molecular weight is 372 g/mol. The van der Waals surface area contributed by atoms with Crippen molar-refractivity contribution < 1.29 is 23.9 Å². The number of esters is 2. The Bertz CT molecular complexity index is 862. The van der Waals surface area contributed by atoms with Crippen LogP contribution in [0.25, 0.3) is 0 Å². The number of nitrogens with one attached hydrogen (secondary N) is 2. The van der Waals surface area contributed by atoms with Gasteiger partial charge in [0.25, 0.3) is 5.91 Å². The molecular weight excluding hydrogens is 348 g/mol. The highest BCUT2D eigenvalue weighted by Gasteiger charge is 2.24. The number of benzene rings is 1. The van der Waals surface area contributed by atoms with Gasteiger partial charge >= 0.3 is 11.9 Å². The summed E-state index contributed by atoms with van der Waals surface area (Å²) in [6, 6.07) is 5.66. The Kier molecular flexibility index (Phi) is 6.39. The van der Waals surface area contributed by atoms with Gasteiger partial charge in [-0.3, -0.25) is 4.79 Å². The third-order valence-electron chi connectivity index (χ3n) is 3.96. The van der Waals surface area contributed by atoms with Crippen LogP contribution in [0.3, 0.4) is 0 Å². The Morgan fingerprint density at radius 1 is 0.963 bits per heavy atom. The van der Waals surface area contributed by atoms with Crippen molar-refractivity contribution in [3.05, 3.63) is 51.8 Å². The molecule has 0 saturated carbocycles. The molecular formula is C20H24N2O5. The summed E-state index contributed by atoms with van der Waals surface area (Å²) in [5.74, 6) is -1.65. The van der Waals surface area contributed by atoms with Crippen LogP contribution in [0.2, 0.25) is 0 Å². The number of aryl methyl sites for hydroxylation is 3. The number of rotatable bonds is 6. The van der Waals surface area contributed by atoms with Crippen LogP contribution in [-0.2, 0) is 14.3 Å². The smallest absolute Gasteiger partial charge is 0.355 e. The molecule has 1 heterocycles. The van der Waals surface area contributed by atoms with Crippen LogP contribution in [0.4, 0.5) is 5.69 Å². The molecule has 0 aliphatic carbocycles. The minimum absolute atomic E-state index is 0.209. The highest BCUT2D eigenvalue weighted by molar-refractivity contribution is 6.00. The molecule has 1 amide bonds. The molecule has 0 fully saturated rings. The van der Waals surface area contributed by atoms with Crippen LogP contribution in [0.15, 0.2) is 18.2 Å². The summed E-state index contributed by atoms with van der Waals surface area (Å²) in [7, 11) is 0. The van der Waals surface area contributed by atoms with E-state index in [0.717, 1.165) is 11.1 Å². The molecule has 0 atom stereocenters. The van der Waals surface area contributed by atoms with Crippen molar-refractivity contribution in [2.75, 3.05) is 18.5 Å². The number of amides is 1. The van der Waals surface area contributed by atoms with Gasteiger partial charge in [0.15, 0.2) is 6.61 Å². The summed E-state index contributed by atoms with van der Waals surface area (Å²) in [6.45, 7) is 8.65. The fourth-order valence-electron chi connectivity index (χ4n) is 2.91. The Balaban J connectivity index is 2.03. The van der Waals surface area contributed by atoms with E-state index in [1.165, 1.54) is 0 Å². The number of aromatic nitrogens is 1. The van der Waals surface area contributed by atoms with Gasteiger partial charge in [-0.1, -0.05) is 6.07 Å². The van der Waals surface area contributed by atoms with E-state index in [-0.39, 0.29) is 17.9 Å². The zero-order chi connectivity index (χ0) is 20.1. The van der Waals surface area contributed by atoms with E-state index < -0.39 is 24.5 Å². The van der Waals surface area contributed by atoms with E-state index >= 15 is 0 Å². The Labute approximate surface area is 158 Å². The van der Waals surface area contributed by atoms with Crippen LogP contribution < -0.4 is 5.32 Å². The Morgan fingerprint density at radius 3 is 2.19 bits per heavy atom. The summed E-state index contributed by atoms with van der Waals surface area (Å²) in [5.41, 5.74) is 4.05. The van der Waals surface area contributed by atoms with Gasteiger partial charge in [-0.2, -0.15) is 0 Å². The van der Waals surface area contributed by atoms with E-state index in [1.54, 1.807) is 20.8 Å². The van der Waals surface area contributed by atoms with Crippen molar-refractivity contribution in [3.63, 3.8) is 0 Å². The third-order valence-corrected chi connectivity index (χ3v) is 3.96. The van der Waals surface area contributed by atoms with Gasteiger partial charge < -0.3 is 19.8 Å². The molecule has 2 rings (SSSR count). The molecule has 27 heavy (non-hydrogen) atoms. The van der Waals surface area contributed by atoms with Crippen LogP contribution in [0.5, 0.6) is 0 Å². The van der Waals surface area contributed by atoms with Gasteiger partial charge in [-0.25, -0.2) is 9.59 Å². The fourth-order valence-corrected chi connectivity index (χ4v) is 2.91. The first kappa shape index (κ1) is 20.2. The minimum atomic E-state index is -0.674. The average Bonchev–Trinajstić information content (AvgIpc) is 2.86. The quantitative estimate of drug-likeness (QED) is 0.759. The van der Waals surface area contributed by atoms with E-state index in [2.05, 4.69) is 10.3 Å². The number of ether oxygens (including phenoxy) is 2. The predicted octanol–water partition coefficient (Wildman–Crippen LogP) is 3.22. The first-order chi connectivity index (χ1) is 12.7. The van der Waals surface area contributed by atoms with Gasteiger partial charge in [0, 0.05) is 11.4 Å². The fraction of sp³-hybridized carbons (Fsp3) is 0.350. The molecule has 1 aromatic heterocycles. The van der Waals surface area contributed by atoms with Crippen molar-refractivity contribution in [2.45, 2.75) is 34.6 Å². The summed E-state index contributed by atoms with van der Waals surface area (Å²) < 4.78 is 10.1. The second kappa shape index (κ2) is 8.53. The lowest BCUT2D eigenvalue weighted by Crippen LogP contribution is -2.21. The summed E-state index contributed by atoms with van der Waals surface area (Å²) >= 11 is 0. The lowest BCUT2D eigenvalue weighted by Gasteiger charge is -2.09. The first-order valence-corrected chi connectivity index (χ1v) is 8.64. The largest absolute Gasteiger partial charge is 0.461 e. The maximum atomic E-state index is 12.4. The molecule has 2 aromatic rings. The molecule has 0 spiro atoms. The number of anilines is 1. The number of carbonyl (C=O) groups excluding carboxylic acids is 3. The van der Waals surface area contributed by atoms with Crippen molar-refractivity contribution in [3.8, 4) is 0 Å². The lowest BCUT2D eigenvalue weighted by molar-refractivity contribution is -0.119. The Hall–Kier alpha value is -3.09. The molecule has 0 unspecified atom stereocenters. The molecule has 7 heteroatoms. The summed E-state index contributed by atoms with van der Waals surface area (Å²) in [4.78, 5) is 39.2. The second-order valence-electron chi connectivity index (χ2n) is 6.35. The van der Waals surface area contributed by atoms with Crippen molar-refractivity contribution in [2.24, 2.45) is 0 Å². The third kappa shape index (κ3) is 4.97. The molecule has 2 N–H and O–H groups in total. The molecule has 0 saturated heterocycles. The van der Waals surface area contributed by atoms with Crippen molar-refractivity contribution >= 4 is 23.5 Å². The maximum absolute atomic E-state index is 12.4. The second-order valence-corrected chi connectivity index (χ2v) is 6.35. The monoisotopic (exact) mass is 372 g/mol. The summed E-state index contributed by atoms with van der Waals surface area (Å²) in [5, 5.41) is 2.70. The summed E-state index contributed by atoms with van der Waals surface area (Å²) in [6.07, 6.45) is 0. The highest BCUT2D eigenvalue weighted by atomic mass is 16.5. The van der Waals surface area contributed by atoms with Gasteiger partial charge in [-0.05, 0) is 63.4 Å². The minimum Gasteiger partial charge on any atom is -0.461 e. The number of hydrogen-bond donors (Lipinski definition) is 2. The van der Waals surface area contributed by atoms with Crippen LogP contribution in [-0.4, -0.2) is 36.0 Å². The van der Waals surface area contributed by atoms with Gasteiger partial charge in [0.2, 0.25) is 0 Å². The first-order valence-electron chi connectivity index (χ1n) is 8.64. The normalized spacial score (nSPS) is 10.4. The van der Waals surface area contributed by atoms with Crippen molar-refractivity contribution in [1.29, 1.82) is 0 Å².